The van der Waals surface area contributed by atoms with Crippen LogP contribution in [0.25, 0.3) is 21.4 Å². The Morgan fingerprint density at radius 3 is 2.95 bits per heavy atom. The number of hydrogen-bond acceptors (Lipinski definition) is 5. The molecule has 7 nitrogen and oxygen atoms in total. The average Bonchev–Trinajstić information content (AvgIpc) is 2.43. The van der Waals surface area contributed by atoms with Gasteiger partial charge in [0, 0.05) is 10.3 Å². The van der Waals surface area contributed by atoms with Crippen molar-refractivity contribution < 1.29 is 13.9 Å². The standard InChI is InChI=1S/C12H9N3O4/c1-18-8-2-3-11-7(4-8)5-9(12(17)19-11)10(16)6-14-15-13/h2-5H,6H2,1H3. The lowest BCUT2D eigenvalue weighted by Gasteiger charge is -2.03. The zero-order chi connectivity index (χ0) is 13.8. The van der Waals surface area contributed by atoms with Crippen molar-refractivity contribution in [2.45, 2.75) is 0 Å². The van der Waals surface area contributed by atoms with Crippen LogP contribution in [0, 0.1) is 0 Å². The zero-order valence-corrected chi connectivity index (χ0v) is 9.99. The van der Waals surface area contributed by atoms with Crippen molar-refractivity contribution in [3.8, 4) is 5.75 Å². The summed E-state index contributed by atoms with van der Waals surface area (Å²) < 4.78 is 10.1. The van der Waals surface area contributed by atoms with E-state index >= 15 is 0 Å². The molecule has 1 heterocycles. The van der Waals surface area contributed by atoms with Crippen molar-refractivity contribution in [1.29, 1.82) is 0 Å². The molecule has 0 saturated heterocycles. The van der Waals surface area contributed by atoms with Gasteiger partial charge in [0.2, 0.25) is 0 Å². The van der Waals surface area contributed by atoms with Crippen LogP contribution in [0.1, 0.15) is 10.4 Å². The number of hydrogen-bond donors (Lipinski definition) is 0. The van der Waals surface area contributed by atoms with Crippen LogP contribution < -0.4 is 10.4 Å². The SMILES string of the molecule is COc1ccc2oc(=O)c(C(=O)CN=[N+]=[N-])cc2c1. The largest absolute Gasteiger partial charge is 0.497 e. The highest BCUT2D eigenvalue weighted by atomic mass is 16.5. The number of ether oxygens (including phenoxy) is 1. The number of ketones is 1. The van der Waals surface area contributed by atoms with Crippen LogP contribution in [0.15, 0.2) is 38.6 Å². The van der Waals surface area contributed by atoms with Gasteiger partial charge in [-0.2, -0.15) is 0 Å². The van der Waals surface area contributed by atoms with Gasteiger partial charge in [-0.05, 0) is 29.8 Å². The lowest BCUT2D eigenvalue weighted by Crippen LogP contribution is -2.15. The van der Waals surface area contributed by atoms with E-state index < -0.39 is 18.0 Å². The van der Waals surface area contributed by atoms with E-state index in [9.17, 15) is 9.59 Å². The summed E-state index contributed by atoms with van der Waals surface area (Å²) in [7, 11) is 1.51. The van der Waals surface area contributed by atoms with Gasteiger partial charge in [-0.25, -0.2) is 4.79 Å². The summed E-state index contributed by atoms with van der Waals surface area (Å²) in [6.07, 6.45) is 0. The number of benzene rings is 1. The van der Waals surface area contributed by atoms with Crippen LogP contribution in [0.2, 0.25) is 0 Å². The highest BCUT2D eigenvalue weighted by molar-refractivity contribution is 5.99. The van der Waals surface area contributed by atoms with Crippen LogP contribution in [0.5, 0.6) is 5.75 Å². The molecule has 1 aromatic heterocycles. The first-order chi connectivity index (χ1) is 9.15. The maximum absolute atomic E-state index is 11.7. The minimum atomic E-state index is -0.754. The maximum Gasteiger partial charge on any atom is 0.347 e. The topological polar surface area (TPSA) is 105 Å². The van der Waals surface area contributed by atoms with Crippen LogP contribution in [0.3, 0.4) is 0 Å². The monoisotopic (exact) mass is 259 g/mol. The molecule has 0 amide bonds. The molecular formula is C12H9N3O4. The molecule has 0 spiro atoms. The minimum Gasteiger partial charge on any atom is -0.497 e. The van der Waals surface area contributed by atoms with Gasteiger partial charge in [0.05, 0.1) is 13.7 Å². The van der Waals surface area contributed by atoms with E-state index in [1.54, 1.807) is 18.2 Å². The van der Waals surface area contributed by atoms with Crippen molar-refractivity contribution in [3.63, 3.8) is 0 Å². The number of Topliss-reactive ketones (excluding diaryl/α,β-unsaturated/α-hetero) is 1. The molecule has 0 N–H and O–H groups in total. The second-order valence-corrected chi connectivity index (χ2v) is 3.66. The maximum atomic E-state index is 11.7. The fourth-order valence-electron chi connectivity index (χ4n) is 1.60. The molecule has 0 radical (unpaired) electrons. The average molecular weight is 259 g/mol. The molecule has 7 heteroatoms. The molecule has 2 rings (SSSR count). The van der Waals surface area contributed by atoms with E-state index in [1.165, 1.54) is 13.2 Å². The molecule has 96 valence electrons. The molecule has 0 atom stereocenters. The first-order valence-electron chi connectivity index (χ1n) is 5.31. The molecule has 1 aromatic carbocycles. The lowest BCUT2D eigenvalue weighted by molar-refractivity contribution is 0.0998. The predicted octanol–water partition coefficient (Wildman–Crippen LogP) is 2.29. The number of carbonyl (C=O) groups excluding carboxylic acids is 1. The molecule has 0 aliphatic heterocycles. The van der Waals surface area contributed by atoms with Gasteiger partial charge in [-0.1, -0.05) is 5.11 Å². The summed E-state index contributed by atoms with van der Waals surface area (Å²) in [6.45, 7) is -0.420. The van der Waals surface area contributed by atoms with E-state index in [4.69, 9.17) is 14.7 Å². The Bertz CT molecular complexity index is 744. The summed E-state index contributed by atoms with van der Waals surface area (Å²) >= 11 is 0. The molecule has 0 unspecified atom stereocenters. The van der Waals surface area contributed by atoms with Gasteiger partial charge in [0.15, 0.2) is 5.78 Å². The number of carbonyl (C=O) groups is 1. The fourth-order valence-corrected chi connectivity index (χ4v) is 1.60. The molecule has 0 aliphatic carbocycles. The van der Waals surface area contributed by atoms with Crippen LogP contribution in [0.4, 0.5) is 0 Å². The van der Waals surface area contributed by atoms with Gasteiger partial charge < -0.3 is 9.15 Å². The van der Waals surface area contributed by atoms with Gasteiger partial charge in [-0.15, -0.1) is 0 Å². The Morgan fingerprint density at radius 1 is 1.47 bits per heavy atom. The summed E-state index contributed by atoms with van der Waals surface area (Å²) in [4.78, 5) is 25.8. The normalized spacial score (nSPS) is 9.95. The van der Waals surface area contributed by atoms with Gasteiger partial charge in [-0.3, -0.25) is 4.79 Å². The second kappa shape index (κ2) is 5.24. The summed E-state index contributed by atoms with van der Waals surface area (Å²) in [5.74, 6) is -0.00827. The molecule has 2 aromatic rings. The van der Waals surface area contributed by atoms with Gasteiger partial charge >= 0.3 is 5.63 Å². The van der Waals surface area contributed by atoms with E-state index in [2.05, 4.69) is 10.0 Å². The number of rotatable bonds is 4. The number of nitrogens with zero attached hydrogens (tertiary/aromatic N) is 3. The quantitative estimate of drug-likeness (QED) is 0.276. The highest BCUT2D eigenvalue weighted by Crippen LogP contribution is 2.20. The third kappa shape index (κ3) is 2.56. The number of fused-ring (bicyclic) bond motifs is 1. The van der Waals surface area contributed by atoms with E-state index in [0.29, 0.717) is 16.7 Å². The molecular weight excluding hydrogens is 250 g/mol. The highest BCUT2D eigenvalue weighted by Gasteiger charge is 2.13. The van der Waals surface area contributed by atoms with Crippen LogP contribution in [-0.2, 0) is 0 Å². The van der Waals surface area contributed by atoms with Gasteiger partial charge in [0.1, 0.15) is 16.9 Å². The fraction of sp³-hybridized carbons (Fsp3) is 0.167. The first-order valence-corrected chi connectivity index (χ1v) is 5.31. The van der Waals surface area contributed by atoms with Gasteiger partial charge in [0.25, 0.3) is 0 Å². The van der Waals surface area contributed by atoms with Crippen molar-refractivity contribution in [2.75, 3.05) is 13.7 Å². The second-order valence-electron chi connectivity index (χ2n) is 3.66. The summed E-state index contributed by atoms with van der Waals surface area (Å²) in [6, 6.07) is 6.27. The minimum absolute atomic E-state index is 0.145. The smallest absolute Gasteiger partial charge is 0.347 e. The molecule has 0 saturated carbocycles. The number of methoxy groups -OCH3 is 1. The number of azide groups is 1. The van der Waals surface area contributed by atoms with Crippen molar-refractivity contribution in [1.82, 2.24) is 0 Å². The van der Waals surface area contributed by atoms with Crippen molar-refractivity contribution >= 4 is 16.8 Å². The predicted molar refractivity (Wildman–Crippen MR) is 67.4 cm³/mol. The summed E-state index contributed by atoms with van der Waals surface area (Å²) in [5, 5.41) is 3.69. The Balaban J connectivity index is 2.55. The molecule has 0 fully saturated rings. The lowest BCUT2D eigenvalue weighted by atomic mass is 10.1. The van der Waals surface area contributed by atoms with E-state index in [0.717, 1.165) is 0 Å². The summed E-state index contributed by atoms with van der Waals surface area (Å²) in [5.41, 5.74) is 7.61. The Hall–Kier alpha value is -2.79. The Labute approximate surface area is 107 Å². The van der Waals surface area contributed by atoms with Crippen molar-refractivity contribution in [2.24, 2.45) is 5.11 Å². The molecule has 19 heavy (non-hydrogen) atoms. The first kappa shape index (κ1) is 12.7. The third-order valence-electron chi connectivity index (χ3n) is 2.52. The zero-order valence-electron chi connectivity index (χ0n) is 9.99. The van der Waals surface area contributed by atoms with Crippen LogP contribution >= 0.6 is 0 Å². The third-order valence-corrected chi connectivity index (χ3v) is 2.52. The van der Waals surface area contributed by atoms with E-state index in [1.807, 2.05) is 0 Å². The van der Waals surface area contributed by atoms with Crippen molar-refractivity contribution in [3.05, 3.63) is 50.7 Å². The molecule has 0 bridgehead atoms. The Kier molecular flexibility index (Phi) is 3.49. The van der Waals surface area contributed by atoms with E-state index in [-0.39, 0.29) is 5.56 Å². The van der Waals surface area contributed by atoms with Crippen LogP contribution in [-0.4, -0.2) is 19.4 Å². The molecule has 0 aliphatic rings. The Morgan fingerprint density at radius 2 is 2.26 bits per heavy atom.